The molecule has 1 saturated heterocycles. The van der Waals surface area contributed by atoms with Crippen molar-refractivity contribution in [1.82, 2.24) is 9.80 Å². The lowest BCUT2D eigenvalue weighted by Gasteiger charge is -2.37. The first kappa shape index (κ1) is 14.0. The molecule has 0 bridgehead atoms. The quantitative estimate of drug-likeness (QED) is 0.862. The zero-order chi connectivity index (χ0) is 13.7. The standard InChI is InChI=1S/C15H23N3O/c1-2-14(15(16)19)18-10-8-17(9-11-18)12-13-6-4-3-5-7-13/h3-7,14H,2,8-12H2,1H3,(H2,16,19)/t14-/m0/s1. The van der Waals surface area contributed by atoms with E-state index in [1.54, 1.807) is 0 Å². The SMILES string of the molecule is CC[C@@H](C(N)=O)N1CCN(Cc2ccccc2)CC1. The lowest BCUT2D eigenvalue weighted by atomic mass is 10.1. The number of nitrogens with zero attached hydrogens (tertiary/aromatic N) is 2. The minimum atomic E-state index is -0.195. The van der Waals surface area contributed by atoms with Gasteiger partial charge in [-0.05, 0) is 12.0 Å². The molecule has 1 atom stereocenters. The minimum absolute atomic E-state index is 0.0983. The molecule has 1 aliphatic rings. The number of hydrogen-bond acceptors (Lipinski definition) is 3. The second kappa shape index (κ2) is 6.68. The number of nitrogens with two attached hydrogens (primary N) is 1. The first-order valence-electron chi connectivity index (χ1n) is 7.00. The molecule has 104 valence electrons. The van der Waals surface area contributed by atoms with E-state index in [2.05, 4.69) is 34.1 Å². The topological polar surface area (TPSA) is 49.6 Å². The third-order valence-corrected chi connectivity index (χ3v) is 3.81. The van der Waals surface area contributed by atoms with E-state index in [0.29, 0.717) is 0 Å². The van der Waals surface area contributed by atoms with Crippen LogP contribution in [0.1, 0.15) is 18.9 Å². The summed E-state index contributed by atoms with van der Waals surface area (Å²) in [5, 5.41) is 0. The van der Waals surface area contributed by atoms with Crippen molar-refractivity contribution in [3.63, 3.8) is 0 Å². The van der Waals surface area contributed by atoms with E-state index >= 15 is 0 Å². The summed E-state index contributed by atoms with van der Waals surface area (Å²) in [7, 11) is 0. The van der Waals surface area contributed by atoms with Gasteiger partial charge in [-0.3, -0.25) is 14.6 Å². The van der Waals surface area contributed by atoms with E-state index in [-0.39, 0.29) is 11.9 Å². The van der Waals surface area contributed by atoms with Crippen molar-refractivity contribution in [3.8, 4) is 0 Å². The zero-order valence-corrected chi connectivity index (χ0v) is 11.6. The van der Waals surface area contributed by atoms with Crippen LogP contribution in [0.2, 0.25) is 0 Å². The molecule has 4 heteroatoms. The van der Waals surface area contributed by atoms with Gasteiger partial charge < -0.3 is 5.73 Å². The monoisotopic (exact) mass is 261 g/mol. The number of carbonyl (C=O) groups excluding carboxylic acids is 1. The average molecular weight is 261 g/mol. The van der Waals surface area contributed by atoms with Crippen LogP contribution in [0.15, 0.2) is 30.3 Å². The Morgan fingerprint density at radius 1 is 1.21 bits per heavy atom. The fourth-order valence-corrected chi connectivity index (χ4v) is 2.71. The Hall–Kier alpha value is -1.39. The van der Waals surface area contributed by atoms with Crippen molar-refractivity contribution in [2.24, 2.45) is 5.73 Å². The van der Waals surface area contributed by atoms with E-state index in [4.69, 9.17) is 5.73 Å². The van der Waals surface area contributed by atoms with Crippen LogP contribution in [-0.2, 0) is 11.3 Å². The summed E-state index contributed by atoms with van der Waals surface area (Å²) in [5.74, 6) is -0.195. The number of hydrogen-bond donors (Lipinski definition) is 1. The summed E-state index contributed by atoms with van der Waals surface area (Å²) in [5.41, 5.74) is 6.79. The molecule has 2 N–H and O–H groups in total. The maximum absolute atomic E-state index is 11.4. The molecule has 0 spiro atoms. The van der Waals surface area contributed by atoms with E-state index in [0.717, 1.165) is 39.1 Å². The molecule has 1 aliphatic heterocycles. The van der Waals surface area contributed by atoms with Gasteiger partial charge in [-0.2, -0.15) is 0 Å². The lowest BCUT2D eigenvalue weighted by molar-refractivity contribution is -0.124. The number of primary amides is 1. The molecule has 1 fully saturated rings. The molecule has 19 heavy (non-hydrogen) atoms. The van der Waals surface area contributed by atoms with Gasteiger partial charge in [0.2, 0.25) is 5.91 Å². The second-order valence-corrected chi connectivity index (χ2v) is 5.12. The van der Waals surface area contributed by atoms with Gasteiger partial charge in [0, 0.05) is 32.7 Å². The Kier molecular flexibility index (Phi) is 4.93. The van der Waals surface area contributed by atoms with Crippen LogP contribution < -0.4 is 5.73 Å². The van der Waals surface area contributed by atoms with Crippen molar-refractivity contribution in [2.75, 3.05) is 26.2 Å². The van der Waals surface area contributed by atoms with Crippen molar-refractivity contribution in [1.29, 1.82) is 0 Å². The summed E-state index contributed by atoms with van der Waals surface area (Å²) in [6.07, 6.45) is 0.800. The zero-order valence-electron chi connectivity index (χ0n) is 11.6. The van der Waals surface area contributed by atoms with Crippen LogP contribution in [0.3, 0.4) is 0 Å². The summed E-state index contributed by atoms with van der Waals surface area (Å²) >= 11 is 0. The van der Waals surface area contributed by atoms with Gasteiger partial charge in [0.05, 0.1) is 6.04 Å². The molecule has 4 nitrogen and oxygen atoms in total. The predicted octanol–water partition coefficient (Wildman–Crippen LogP) is 1.07. The van der Waals surface area contributed by atoms with E-state index in [1.165, 1.54) is 5.56 Å². The summed E-state index contributed by atoms with van der Waals surface area (Å²) in [6, 6.07) is 10.4. The largest absolute Gasteiger partial charge is 0.368 e. The third-order valence-electron chi connectivity index (χ3n) is 3.81. The normalized spacial score (nSPS) is 19.2. The molecule has 1 amide bonds. The number of amides is 1. The number of rotatable bonds is 5. The number of piperazine rings is 1. The highest BCUT2D eigenvalue weighted by atomic mass is 16.1. The fraction of sp³-hybridized carbons (Fsp3) is 0.533. The highest BCUT2D eigenvalue weighted by molar-refractivity contribution is 5.79. The Labute approximate surface area is 115 Å². The first-order valence-corrected chi connectivity index (χ1v) is 7.00. The molecular formula is C15H23N3O. The number of carbonyl (C=O) groups is 1. The van der Waals surface area contributed by atoms with Crippen LogP contribution in [0.4, 0.5) is 0 Å². The smallest absolute Gasteiger partial charge is 0.234 e. The highest BCUT2D eigenvalue weighted by Gasteiger charge is 2.25. The molecule has 0 radical (unpaired) electrons. The Bertz CT molecular complexity index is 399. The molecule has 0 aliphatic carbocycles. The molecule has 0 aromatic heterocycles. The molecule has 1 heterocycles. The molecule has 1 aromatic rings. The highest BCUT2D eigenvalue weighted by Crippen LogP contribution is 2.12. The number of benzene rings is 1. The summed E-state index contributed by atoms with van der Waals surface area (Å²) in [6.45, 7) is 6.85. The van der Waals surface area contributed by atoms with Crippen molar-refractivity contribution >= 4 is 5.91 Å². The molecular weight excluding hydrogens is 238 g/mol. The van der Waals surface area contributed by atoms with Crippen LogP contribution in [-0.4, -0.2) is 47.9 Å². The molecule has 0 unspecified atom stereocenters. The first-order chi connectivity index (χ1) is 9.20. The minimum Gasteiger partial charge on any atom is -0.368 e. The van der Waals surface area contributed by atoms with Crippen LogP contribution >= 0.6 is 0 Å². The maximum atomic E-state index is 11.4. The van der Waals surface area contributed by atoms with Crippen molar-refractivity contribution in [2.45, 2.75) is 25.9 Å². The molecule has 2 rings (SSSR count). The van der Waals surface area contributed by atoms with Gasteiger partial charge in [0.25, 0.3) is 0 Å². The van der Waals surface area contributed by atoms with Gasteiger partial charge >= 0.3 is 0 Å². The van der Waals surface area contributed by atoms with Gasteiger partial charge in [0.1, 0.15) is 0 Å². The Balaban J connectivity index is 1.84. The van der Waals surface area contributed by atoms with Crippen molar-refractivity contribution in [3.05, 3.63) is 35.9 Å². The summed E-state index contributed by atoms with van der Waals surface area (Å²) in [4.78, 5) is 16.0. The predicted molar refractivity (Wildman–Crippen MR) is 76.6 cm³/mol. The van der Waals surface area contributed by atoms with Gasteiger partial charge in [-0.25, -0.2) is 0 Å². The van der Waals surface area contributed by atoms with Gasteiger partial charge in [0.15, 0.2) is 0 Å². The van der Waals surface area contributed by atoms with E-state index in [9.17, 15) is 4.79 Å². The van der Waals surface area contributed by atoms with E-state index in [1.807, 2.05) is 13.0 Å². The summed E-state index contributed by atoms with van der Waals surface area (Å²) < 4.78 is 0. The van der Waals surface area contributed by atoms with Crippen LogP contribution in [0.5, 0.6) is 0 Å². The fourth-order valence-electron chi connectivity index (χ4n) is 2.71. The Morgan fingerprint density at radius 3 is 2.37 bits per heavy atom. The second-order valence-electron chi connectivity index (χ2n) is 5.12. The Morgan fingerprint density at radius 2 is 1.84 bits per heavy atom. The van der Waals surface area contributed by atoms with Crippen LogP contribution in [0.25, 0.3) is 0 Å². The van der Waals surface area contributed by atoms with Crippen LogP contribution in [0, 0.1) is 0 Å². The molecule has 1 aromatic carbocycles. The third kappa shape index (κ3) is 3.78. The van der Waals surface area contributed by atoms with Gasteiger partial charge in [-0.15, -0.1) is 0 Å². The lowest BCUT2D eigenvalue weighted by Crippen LogP contribution is -2.53. The molecule has 0 saturated carbocycles. The van der Waals surface area contributed by atoms with E-state index < -0.39 is 0 Å². The van der Waals surface area contributed by atoms with Gasteiger partial charge in [-0.1, -0.05) is 37.3 Å². The average Bonchev–Trinajstić information content (AvgIpc) is 2.42. The maximum Gasteiger partial charge on any atom is 0.234 e. The van der Waals surface area contributed by atoms with Crippen molar-refractivity contribution < 1.29 is 4.79 Å².